The SMILES string of the molecule is COC(=O)CCN1CCN(C(=O)C2CCc3cnn(C)c3C2)CC1C. The Labute approximate surface area is 148 Å². The van der Waals surface area contributed by atoms with Gasteiger partial charge in [0.2, 0.25) is 5.91 Å². The molecule has 0 spiro atoms. The number of aryl methyl sites for hydroxylation is 2. The minimum atomic E-state index is -0.181. The molecule has 0 saturated carbocycles. The molecule has 1 saturated heterocycles. The number of hydrogen-bond acceptors (Lipinski definition) is 5. The van der Waals surface area contributed by atoms with Crippen LogP contribution in [0.15, 0.2) is 6.20 Å². The zero-order chi connectivity index (χ0) is 18.0. The van der Waals surface area contributed by atoms with E-state index in [1.807, 2.05) is 22.8 Å². The summed E-state index contributed by atoms with van der Waals surface area (Å²) in [6, 6.07) is 0.262. The number of rotatable bonds is 4. The normalized spacial score (nSPS) is 24.0. The van der Waals surface area contributed by atoms with Gasteiger partial charge in [-0.05, 0) is 25.3 Å². The fourth-order valence-corrected chi connectivity index (χ4v) is 3.98. The van der Waals surface area contributed by atoms with Crippen LogP contribution in [0.2, 0.25) is 0 Å². The summed E-state index contributed by atoms with van der Waals surface area (Å²) in [5.74, 6) is 0.155. The molecular formula is C18H28N4O3. The minimum absolute atomic E-state index is 0.0664. The lowest BCUT2D eigenvalue weighted by Crippen LogP contribution is -2.55. The first kappa shape index (κ1) is 17.9. The Balaban J connectivity index is 1.54. The average molecular weight is 348 g/mol. The van der Waals surface area contributed by atoms with Gasteiger partial charge in [-0.3, -0.25) is 19.2 Å². The maximum absolute atomic E-state index is 13.0. The van der Waals surface area contributed by atoms with Crippen molar-refractivity contribution in [3.8, 4) is 0 Å². The number of fused-ring (bicyclic) bond motifs is 1. The summed E-state index contributed by atoms with van der Waals surface area (Å²) < 4.78 is 6.61. The van der Waals surface area contributed by atoms with E-state index >= 15 is 0 Å². The highest BCUT2D eigenvalue weighted by molar-refractivity contribution is 5.79. The number of ether oxygens (including phenoxy) is 1. The van der Waals surface area contributed by atoms with Crippen LogP contribution in [0.25, 0.3) is 0 Å². The molecule has 1 aromatic heterocycles. The molecule has 25 heavy (non-hydrogen) atoms. The molecule has 2 atom stereocenters. The Morgan fingerprint density at radius 2 is 2.16 bits per heavy atom. The quantitative estimate of drug-likeness (QED) is 0.746. The molecule has 3 rings (SSSR count). The van der Waals surface area contributed by atoms with Crippen LogP contribution in [-0.2, 0) is 34.2 Å². The van der Waals surface area contributed by atoms with E-state index in [0.717, 1.165) is 38.9 Å². The molecule has 0 radical (unpaired) electrons. The van der Waals surface area contributed by atoms with Gasteiger partial charge in [0, 0.05) is 57.3 Å². The van der Waals surface area contributed by atoms with Crippen molar-refractivity contribution in [3.63, 3.8) is 0 Å². The summed E-state index contributed by atoms with van der Waals surface area (Å²) in [6.07, 6.45) is 4.98. The van der Waals surface area contributed by atoms with E-state index in [2.05, 4.69) is 16.9 Å². The predicted octanol–water partition coefficient (Wildman–Crippen LogP) is 0.621. The summed E-state index contributed by atoms with van der Waals surface area (Å²) >= 11 is 0. The number of carbonyl (C=O) groups is 2. The third kappa shape index (κ3) is 3.86. The number of amides is 1. The molecule has 2 aliphatic rings. The highest BCUT2D eigenvalue weighted by Crippen LogP contribution is 2.27. The standard InChI is InChI=1S/C18H28N4O3/c1-13-12-22(9-8-21(13)7-6-17(23)25-3)18(24)14-4-5-15-11-19-20(2)16(15)10-14/h11,13-14H,4-10,12H2,1-3H3. The molecule has 1 aliphatic heterocycles. The highest BCUT2D eigenvalue weighted by Gasteiger charge is 2.33. The van der Waals surface area contributed by atoms with E-state index in [9.17, 15) is 9.59 Å². The van der Waals surface area contributed by atoms with Gasteiger partial charge < -0.3 is 9.64 Å². The van der Waals surface area contributed by atoms with Crippen LogP contribution in [-0.4, -0.2) is 70.8 Å². The molecule has 1 aliphatic carbocycles. The molecule has 1 aromatic rings. The summed E-state index contributed by atoms with van der Waals surface area (Å²) in [6.45, 7) is 5.09. The van der Waals surface area contributed by atoms with Gasteiger partial charge in [0.15, 0.2) is 0 Å². The van der Waals surface area contributed by atoms with Crippen molar-refractivity contribution in [1.82, 2.24) is 19.6 Å². The van der Waals surface area contributed by atoms with E-state index in [4.69, 9.17) is 4.74 Å². The highest BCUT2D eigenvalue weighted by atomic mass is 16.5. The Kier molecular flexibility index (Phi) is 5.42. The first-order valence-electron chi connectivity index (χ1n) is 9.09. The van der Waals surface area contributed by atoms with Gasteiger partial charge in [0.05, 0.1) is 19.7 Å². The van der Waals surface area contributed by atoms with Gasteiger partial charge >= 0.3 is 5.97 Å². The van der Waals surface area contributed by atoms with Gasteiger partial charge in [-0.15, -0.1) is 0 Å². The van der Waals surface area contributed by atoms with E-state index in [-0.39, 0.29) is 23.8 Å². The predicted molar refractivity (Wildman–Crippen MR) is 93.0 cm³/mol. The summed E-state index contributed by atoms with van der Waals surface area (Å²) in [5, 5.41) is 4.32. The fraction of sp³-hybridized carbons (Fsp3) is 0.722. The molecule has 1 amide bonds. The van der Waals surface area contributed by atoms with Crippen LogP contribution in [0, 0.1) is 5.92 Å². The monoisotopic (exact) mass is 348 g/mol. The minimum Gasteiger partial charge on any atom is -0.469 e. The van der Waals surface area contributed by atoms with Gasteiger partial charge in [-0.25, -0.2) is 0 Å². The Bertz CT molecular complexity index is 642. The number of nitrogens with zero attached hydrogens (tertiary/aromatic N) is 4. The number of esters is 1. The van der Waals surface area contributed by atoms with Crippen molar-refractivity contribution in [3.05, 3.63) is 17.5 Å². The number of hydrogen-bond donors (Lipinski definition) is 0. The van der Waals surface area contributed by atoms with Crippen LogP contribution >= 0.6 is 0 Å². The molecule has 138 valence electrons. The average Bonchev–Trinajstić information content (AvgIpc) is 3.00. The lowest BCUT2D eigenvalue weighted by Gasteiger charge is -2.41. The topological polar surface area (TPSA) is 67.7 Å². The van der Waals surface area contributed by atoms with Gasteiger partial charge in [-0.1, -0.05) is 0 Å². The molecule has 2 unspecified atom stereocenters. The van der Waals surface area contributed by atoms with Crippen molar-refractivity contribution in [2.24, 2.45) is 13.0 Å². The van der Waals surface area contributed by atoms with Crippen molar-refractivity contribution < 1.29 is 14.3 Å². The molecule has 7 heteroatoms. The maximum atomic E-state index is 13.0. The molecule has 0 N–H and O–H groups in total. The van der Waals surface area contributed by atoms with E-state index in [1.54, 1.807) is 0 Å². The zero-order valence-electron chi connectivity index (χ0n) is 15.4. The van der Waals surface area contributed by atoms with Crippen LogP contribution in [0.4, 0.5) is 0 Å². The third-order valence-corrected chi connectivity index (χ3v) is 5.61. The second-order valence-electron chi connectivity index (χ2n) is 7.18. The van der Waals surface area contributed by atoms with Crippen LogP contribution in [0.1, 0.15) is 31.0 Å². The summed E-state index contributed by atoms with van der Waals surface area (Å²) in [4.78, 5) is 28.6. The Morgan fingerprint density at radius 1 is 1.36 bits per heavy atom. The number of carbonyl (C=O) groups excluding carboxylic acids is 2. The fourth-order valence-electron chi connectivity index (χ4n) is 3.98. The van der Waals surface area contributed by atoms with E-state index < -0.39 is 0 Å². The Morgan fingerprint density at radius 3 is 2.88 bits per heavy atom. The van der Waals surface area contributed by atoms with Gasteiger partial charge in [0.1, 0.15) is 0 Å². The molecule has 0 bridgehead atoms. The second-order valence-corrected chi connectivity index (χ2v) is 7.18. The first-order valence-corrected chi connectivity index (χ1v) is 9.09. The van der Waals surface area contributed by atoms with E-state index in [0.29, 0.717) is 13.0 Å². The lowest BCUT2D eigenvalue weighted by molar-refractivity contribution is -0.143. The number of methoxy groups -OCH3 is 1. The third-order valence-electron chi connectivity index (χ3n) is 5.61. The van der Waals surface area contributed by atoms with Gasteiger partial charge in [0.25, 0.3) is 0 Å². The number of piperazine rings is 1. The summed E-state index contributed by atoms with van der Waals surface area (Å²) in [7, 11) is 3.37. The second kappa shape index (κ2) is 7.56. The lowest BCUT2D eigenvalue weighted by atomic mass is 9.86. The maximum Gasteiger partial charge on any atom is 0.306 e. The van der Waals surface area contributed by atoms with Gasteiger partial charge in [-0.2, -0.15) is 5.10 Å². The summed E-state index contributed by atoms with van der Waals surface area (Å²) in [5.41, 5.74) is 2.49. The van der Waals surface area contributed by atoms with Crippen LogP contribution in [0.3, 0.4) is 0 Å². The largest absolute Gasteiger partial charge is 0.469 e. The molecule has 1 fully saturated rings. The Hall–Kier alpha value is -1.89. The van der Waals surface area contributed by atoms with Crippen LogP contribution < -0.4 is 0 Å². The molecule has 2 heterocycles. The van der Waals surface area contributed by atoms with Crippen molar-refractivity contribution in [2.45, 2.75) is 38.6 Å². The van der Waals surface area contributed by atoms with E-state index in [1.165, 1.54) is 18.4 Å². The molecule has 7 nitrogen and oxygen atoms in total. The van der Waals surface area contributed by atoms with Crippen molar-refractivity contribution in [1.29, 1.82) is 0 Å². The molecule has 0 aromatic carbocycles. The smallest absolute Gasteiger partial charge is 0.306 e. The van der Waals surface area contributed by atoms with Crippen molar-refractivity contribution >= 4 is 11.9 Å². The first-order chi connectivity index (χ1) is 12.0. The van der Waals surface area contributed by atoms with Crippen molar-refractivity contribution in [2.75, 3.05) is 33.3 Å². The molecular weight excluding hydrogens is 320 g/mol. The van der Waals surface area contributed by atoms with Crippen LogP contribution in [0.5, 0.6) is 0 Å². The zero-order valence-corrected chi connectivity index (χ0v) is 15.4. The number of aromatic nitrogens is 2.